The van der Waals surface area contributed by atoms with Gasteiger partial charge < -0.3 is 49.3 Å². The van der Waals surface area contributed by atoms with Crippen LogP contribution in [0.3, 0.4) is 0 Å². The number of β-amino-alcohol motifs (C(OH)–C–C–N with tert-alkyl or cyclic N) is 2. The molecule has 2 saturated heterocycles. The van der Waals surface area contributed by atoms with E-state index in [-0.39, 0.29) is 73.5 Å². The lowest BCUT2D eigenvalue weighted by atomic mass is 10.0. The lowest BCUT2D eigenvalue weighted by Crippen LogP contribution is -2.54. The molecule has 2 unspecified atom stereocenters. The van der Waals surface area contributed by atoms with Gasteiger partial charge >= 0.3 is 12.2 Å². The number of imidazole rings is 2. The fourth-order valence-electron chi connectivity index (χ4n) is 8.26. The number of fused-ring (bicyclic) bond motifs is 2. The SMILES string of the molecule is CC(C)[C@@H](NC(=O)OC(C)(C)C)C(=O)N1CC(O)C[C@H]1Cn1c(-c2nc3cc(F)ccc3n2C[C@@H]2CC(O)CN2C(=O)[C@H](NC(=O)OC(C)(C)C)C(C)C)nc2cc(F)ccc21. The number of alkyl carbamates (subject to hydrolysis) is 2. The number of ether oxygens (including phenoxy) is 2. The molecule has 338 valence electrons. The Hall–Kier alpha value is -5.36. The fraction of sp³-hybridized carbons (Fsp3) is 0.591. The Bertz CT molecular complexity index is 2150. The monoisotopic (exact) mass is 866 g/mol. The molecule has 0 spiro atoms. The summed E-state index contributed by atoms with van der Waals surface area (Å²) in [5.74, 6) is -2.12. The maximum Gasteiger partial charge on any atom is 0.408 e. The summed E-state index contributed by atoms with van der Waals surface area (Å²) in [6.45, 7) is 17.6. The molecule has 16 nitrogen and oxygen atoms in total. The van der Waals surface area contributed by atoms with Crippen molar-refractivity contribution >= 4 is 46.1 Å². The van der Waals surface area contributed by atoms with Gasteiger partial charge in [0.25, 0.3) is 0 Å². The fourth-order valence-corrected chi connectivity index (χ4v) is 8.26. The zero-order valence-corrected chi connectivity index (χ0v) is 37.1. The maximum atomic E-state index is 14.8. The molecule has 6 atom stereocenters. The molecule has 4 amide bonds. The van der Waals surface area contributed by atoms with Gasteiger partial charge in [0.2, 0.25) is 11.8 Å². The summed E-state index contributed by atoms with van der Waals surface area (Å²) in [4.78, 5) is 67.1. The normalized spacial score (nSPS) is 20.6. The quantitative estimate of drug-likeness (QED) is 0.153. The first-order valence-electron chi connectivity index (χ1n) is 21.2. The summed E-state index contributed by atoms with van der Waals surface area (Å²) < 4.78 is 44.1. The third kappa shape index (κ3) is 10.5. The highest BCUT2D eigenvalue weighted by molar-refractivity contribution is 5.88. The predicted molar refractivity (Wildman–Crippen MR) is 227 cm³/mol. The molecular weight excluding hydrogens is 807 g/mol. The number of likely N-dealkylation sites (tertiary alicyclic amines) is 2. The molecule has 18 heteroatoms. The molecule has 0 saturated carbocycles. The van der Waals surface area contributed by atoms with Crippen molar-refractivity contribution in [3.05, 3.63) is 48.0 Å². The number of hydrogen-bond donors (Lipinski definition) is 4. The molecule has 2 aliphatic rings. The Morgan fingerprint density at radius 3 is 1.35 bits per heavy atom. The molecule has 2 aromatic carbocycles. The highest BCUT2D eigenvalue weighted by atomic mass is 19.1. The van der Waals surface area contributed by atoms with Crippen LogP contribution < -0.4 is 10.6 Å². The van der Waals surface area contributed by atoms with E-state index in [2.05, 4.69) is 10.6 Å². The second-order valence-electron chi connectivity index (χ2n) is 19.2. The van der Waals surface area contributed by atoms with Crippen LogP contribution in [0.5, 0.6) is 0 Å². The largest absolute Gasteiger partial charge is 0.444 e. The average molecular weight is 867 g/mol. The van der Waals surface area contributed by atoms with Crippen molar-refractivity contribution in [3.63, 3.8) is 0 Å². The van der Waals surface area contributed by atoms with Gasteiger partial charge in [0.1, 0.15) is 34.9 Å². The van der Waals surface area contributed by atoms with Crippen LogP contribution in [0.4, 0.5) is 18.4 Å². The second kappa shape index (κ2) is 17.8. The van der Waals surface area contributed by atoms with E-state index in [1.165, 1.54) is 34.1 Å². The lowest BCUT2D eigenvalue weighted by molar-refractivity contribution is -0.136. The Labute approximate surface area is 359 Å². The number of benzene rings is 2. The van der Waals surface area contributed by atoms with E-state index in [9.17, 15) is 38.2 Å². The number of nitrogens with zero attached hydrogens (tertiary/aromatic N) is 6. The summed E-state index contributed by atoms with van der Waals surface area (Å²) in [6, 6.07) is 5.02. The standard InChI is InChI=1S/C44H60F2N8O8/c1-23(2)35(49-41(59)61-43(5,6)7)39(57)51-21-29(55)17-27(51)19-53-33-13-11-25(45)15-31(33)47-37(53)38-48-32-16-26(46)12-14-34(32)54(38)20-28-18-30(56)22-52(28)40(58)36(24(3)4)50-42(60)62-44(8,9)10/h11-16,23-24,27-30,35-36,55-56H,17-22H2,1-10H3,(H,49,59)(H,50,60)/t27-,28-,29?,30?,35+,36+/m0/s1. The van der Waals surface area contributed by atoms with Gasteiger partial charge in [-0.15, -0.1) is 0 Å². The topological polar surface area (TPSA) is 193 Å². The third-order valence-corrected chi connectivity index (χ3v) is 11.0. The zero-order chi connectivity index (χ0) is 45.6. The van der Waals surface area contributed by atoms with Gasteiger partial charge in [-0.05, 0) is 90.5 Å². The molecule has 0 radical (unpaired) electrons. The Morgan fingerprint density at radius 1 is 0.677 bits per heavy atom. The Balaban J connectivity index is 1.39. The van der Waals surface area contributed by atoms with Gasteiger partial charge in [0.05, 0.1) is 46.4 Å². The first-order chi connectivity index (χ1) is 28.9. The number of rotatable bonds is 11. The molecule has 0 bridgehead atoms. The maximum absolute atomic E-state index is 14.8. The highest BCUT2D eigenvalue weighted by Crippen LogP contribution is 2.33. The molecule has 2 aromatic heterocycles. The van der Waals surface area contributed by atoms with Crippen molar-refractivity contribution in [1.29, 1.82) is 0 Å². The van der Waals surface area contributed by atoms with E-state index < -0.39 is 83.2 Å². The molecule has 62 heavy (non-hydrogen) atoms. The molecule has 0 aliphatic carbocycles. The van der Waals surface area contributed by atoms with Crippen LogP contribution in [-0.2, 0) is 32.2 Å². The molecule has 4 N–H and O–H groups in total. The van der Waals surface area contributed by atoms with E-state index in [1.807, 2.05) is 0 Å². The van der Waals surface area contributed by atoms with Crippen molar-refractivity contribution in [2.75, 3.05) is 13.1 Å². The van der Waals surface area contributed by atoms with E-state index in [0.717, 1.165) is 0 Å². The third-order valence-electron chi connectivity index (χ3n) is 11.0. The van der Waals surface area contributed by atoms with Crippen molar-refractivity contribution in [2.45, 2.75) is 143 Å². The Morgan fingerprint density at radius 2 is 1.03 bits per heavy atom. The van der Waals surface area contributed by atoms with Crippen LogP contribution in [0.15, 0.2) is 36.4 Å². The molecular formula is C44H60F2N8O8. The van der Waals surface area contributed by atoms with Gasteiger partial charge in [-0.2, -0.15) is 0 Å². The minimum absolute atomic E-state index is 0.00880. The van der Waals surface area contributed by atoms with Gasteiger partial charge in [-0.25, -0.2) is 28.3 Å². The smallest absolute Gasteiger partial charge is 0.408 e. The number of aliphatic hydroxyl groups excluding tert-OH is 2. The minimum Gasteiger partial charge on any atom is -0.444 e. The number of carbonyl (C=O) groups is 4. The first-order valence-corrected chi connectivity index (χ1v) is 21.2. The molecule has 6 rings (SSSR count). The zero-order valence-electron chi connectivity index (χ0n) is 37.1. The predicted octanol–water partition coefficient (Wildman–Crippen LogP) is 5.35. The van der Waals surface area contributed by atoms with Crippen LogP contribution in [0.2, 0.25) is 0 Å². The number of amides is 4. The van der Waals surface area contributed by atoms with E-state index in [0.29, 0.717) is 11.0 Å². The number of hydrogen-bond acceptors (Lipinski definition) is 10. The van der Waals surface area contributed by atoms with Gasteiger partial charge in [-0.1, -0.05) is 27.7 Å². The highest BCUT2D eigenvalue weighted by Gasteiger charge is 2.42. The van der Waals surface area contributed by atoms with Crippen LogP contribution in [-0.4, -0.2) is 124 Å². The minimum atomic E-state index is -0.980. The van der Waals surface area contributed by atoms with Gasteiger partial charge in [-0.3, -0.25) is 9.59 Å². The second-order valence-corrected chi connectivity index (χ2v) is 19.2. The van der Waals surface area contributed by atoms with Crippen LogP contribution in [0.25, 0.3) is 33.7 Å². The molecule has 2 fully saturated rings. The lowest BCUT2D eigenvalue weighted by Gasteiger charge is -2.32. The van der Waals surface area contributed by atoms with Crippen LogP contribution in [0.1, 0.15) is 82.1 Å². The summed E-state index contributed by atoms with van der Waals surface area (Å²) in [7, 11) is 0. The number of aliphatic hydroxyl groups is 2. The van der Waals surface area contributed by atoms with E-state index in [4.69, 9.17) is 19.4 Å². The number of halogens is 2. The summed E-state index contributed by atoms with van der Waals surface area (Å²) >= 11 is 0. The average Bonchev–Trinajstić information content (AvgIpc) is 3.90. The summed E-state index contributed by atoms with van der Waals surface area (Å²) in [5, 5.41) is 27.4. The summed E-state index contributed by atoms with van der Waals surface area (Å²) in [6.07, 6.45) is -2.94. The van der Waals surface area contributed by atoms with Crippen molar-refractivity contribution in [2.24, 2.45) is 11.8 Å². The van der Waals surface area contributed by atoms with E-state index >= 15 is 0 Å². The van der Waals surface area contributed by atoms with Gasteiger partial charge in [0.15, 0.2) is 11.6 Å². The van der Waals surface area contributed by atoms with Gasteiger partial charge in [0, 0.05) is 38.3 Å². The van der Waals surface area contributed by atoms with Crippen LogP contribution >= 0.6 is 0 Å². The summed E-state index contributed by atoms with van der Waals surface area (Å²) in [5.41, 5.74) is -0.0741. The van der Waals surface area contributed by atoms with Crippen molar-refractivity contribution in [3.8, 4) is 11.6 Å². The van der Waals surface area contributed by atoms with Crippen molar-refractivity contribution < 1.29 is 47.6 Å². The number of carbonyl (C=O) groups excluding carboxylic acids is 4. The first kappa shape index (κ1) is 46.2. The van der Waals surface area contributed by atoms with Crippen molar-refractivity contribution in [1.82, 2.24) is 39.5 Å². The Kier molecular flexibility index (Phi) is 13.2. The number of nitrogens with one attached hydrogen (secondary N) is 2. The van der Waals surface area contributed by atoms with E-state index in [1.54, 1.807) is 90.5 Å². The van der Waals surface area contributed by atoms with Crippen LogP contribution in [0, 0.1) is 23.5 Å². The molecule has 2 aliphatic heterocycles. The number of aromatic nitrogens is 4. The molecule has 4 heterocycles. The molecule has 4 aromatic rings.